The lowest BCUT2D eigenvalue weighted by atomic mass is 10.0. The maximum atomic E-state index is 13.3. The van der Waals surface area contributed by atoms with Crippen LogP contribution in [0.5, 0.6) is 0 Å². The maximum absolute atomic E-state index is 13.3. The molecule has 1 aliphatic heterocycles. The van der Waals surface area contributed by atoms with Gasteiger partial charge in [0, 0.05) is 30.5 Å². The quantitative estimate of drug-likeness (QED) is 0.468. The Bertz CT molecular complexity index is 1090. The van der Waals surface area contributed by atoms with Crippen LogP contribution >= 0.6 is 0 Å². The Balaban J connectivity index is 1.35. The van der Waals surface area contributed by atoms with Crippen molar-refractivity contribution < 1.29 is 19.1 Å². The molecule has 7 heteroatoms. The molecule has 0 spiro atoms. The van der Waals surface area contributed by atoms with Gasteiger partial charge in [0.15, 0.2) is 5.76 Å². The maximum Gasteiger partial charge on any atom is 0.409 e. The number of para-hydroxylation sites is 1. The fourth-order valence-corrected chi connectivity index (χ4v) is 4.59. The fourth-order valence-electron chi connectivity index (χ4n) is 4.59. The number of carboxylic acid groups (broad SMARTS) is 1. The van der Waals surface area contributed by atoms with Crippen LogP contribution in [0.15, 0.2) is 71.3 Å². The first-order valence-corrected chi connectivity index (χ1v) is 11.7. The molecular weight excluding hydrogens is 430 g/mol. The van der Waals surface area contributed by atoms with Gasteiger partial charge in [-0.05, 0) is 75.0 Å². The number of anilines is 2. The minimum Gasteiger partial charge on any atom is -0.465 e. The lowest BCUT2D eigenvalue weighted by Gasteiger charge is -2.38. The number of furan rings is 1. The molecule has 0 radical (unpaired) electrons. The molecule has 34 heavy (non-hydrogen) atoms. The number of hydrogen-bond donors (Lipinski definition) is 2. The summed E-state index contributed by atoms with van der Waals surface area (Å²) >= 11 is 0. The molecule has 0 atom stereocenters. The van der Waals surface area contributed by atoms with Crippen molar-refractivity contribution in [1.29, 1.82) is 0 Å². The standard InChI is InChI=1S/C27H31N3O4/c1-20-10-12-22(13-11-20)30(26(31)25-9-5-19-34-25)23-14-17-29(18-15-23)16-4-7-21-6-2-3-8-24(21)28-27(32)33/h2-3,5-6,8-13,19,23,28H,4,7,14-18H2,1H3,(H,32,33). The van der Waals surface area contributed by atoms with E-state index >= 15 is 0 Å². The Labute approximate surface area is 200 Å². The van der Waals surface area contributed by atoms with Crippen molar-refractivity contribution in [3.63, 3.8) is 0 Å². The van der Waals surface area contributed by atoms with Gasteiger partial charge in [-0.3, -0.25) is 10.1 Å². The molecule has 1 saturated heterocycles. The van der Waals surface area contributed by atoms with Crippen molar-refractivity contribution >= 4 is 23.4 Å². The molecule has 2 N–H and O–H groups in total. The second-order valence-corrected chi connectivity index (χ2v) is 8.75. The number of aryl methyl sites for hydroxylation is 2. The number of nitrogens with zero attached hydrogens (tertiary/aromatic N) is 2. The Morgan fingerprint density at radius 2 is 1.79 bits per heavy atom. The third-order valence-electron chi connectivity index (χ3n) is 6.36. The molecule has 2 heterocycles. The highest BCUT2D eigenvalue weighted by Gasteiger charge is 2.31. The third-order valence-corrected chi connectivity index (χ3v) is 6.36. The Kier molecular flexibility index (Phi) is 7.65. The average molecular weight is 462 g/mol. The van der Waals surface area contributed by atoms with Gasteiger partial charge >= 0.3 is 6.09 Å². The van der Waals surface area contributed by atoms with E-state index < -0.39 is 6.09 Å². The number of nitrogens with one attached hydrogen (secondary N) is 1. The van der Waals surface area contributed by atoms with Crippen LogP contribution in [0.1, 0.15) is 40.9 Å². The van der Waals surface area contributed by atoms with E-state index in [0.717, 1.165) is 62.1 Å². The summed E-state index contributed by atoms with van der Waals surface area (Å²) in [4.78, 5) is 28.6. The first-order valence-electron chi connectivity index (χ1n) is 11.7. The zero-order chi connectivity index (χ0) is 23.9. The Hall–Kier alpha value is -3.58. The number of likely N-dealkylation sites (tertiary alicyclic amines) is 1. The number of piperidine rings is 1. The van der Waals surface area contributed by atoms with E-state index in [1.165, 1.54) is 6.26 Å². The number of amides is 2. The molecular formula is C27H31N3O4. The summed E-state index contributed by atoms with van der Waals surface area (Å²) in [6.07, 6.45) is 4.01. The average Bonchev–Trinajstić information content (AvgIpc) is 3.37. The van der Waals surface area contributed by atoms with Crippen LogP contribution in [0.2, 0.25) is 0 Å². The van der Waals surface area contributed by atoms with Gasteiger partial charge in [-0.15, -0.1) is 0 Å². The van der Waals surface area contributed by atoms with Crippen LogP contribution in [0, 0.1) is 6.92 Å². The van der Waals surface area contributed by atoms with Crippen LogP contribution in [0.4, 0.5) is 16.2 Å². The topological polar surface area (TPSA) is 86.0 Å². The fraction of sp³-hybridized carbons (Fsp3) is 0.333. The SMILES string of the molecule is Cc1ccc(N(C(=O)c2ccco2)C2CCN(CCCc3ccccc3NC(=O)O)CC2)cc1. The summed E-state index contributed by atoms with van der Waals surface area (Å²) in [5.74, 6) is 0.256. The highest BCUT2D eigenvalue weighted by molar-refractivity contribution is 6.04. The lowest BCUT2D eigenvalue weighted by molar-refractivity contribution is 0.0933. The minimum atomic E-state index is -1.04. The minimum absolute atomic E-state index is 0.102. The molecule has 178 valence electrons. The summed E-state index contributed by atoms with van der Waals surface area (Å²) in [6.45, 7) is 4.79. The molecule has 4 rings (SSSR count). The highest BCUT2D eigenvalue weighted by Crippen LogP contribution is 2.27. The largest absolute Gasteiger partial charge is 0.465 e. The van der Waals surface area contributed by atoms with Gasteiger partial charge in [-0.1, -0.05) is 35.9 Å². The van der Waals surface area contributed by atoms with E-state index in [0.29, 0.717) is 11.4 Å². The lowest BCUT2D eigenvalue weighted by Crippen LogP contribution is -2.47. The molecule has 0 unspecified atom stereocenters. The predicted octanol–water partition coefficient (Wildman–Crippen LogP) is 5.42. The number of carbonyl (C=O) groups excluding carboxylic acids is 1. The summed E-state index contributed by atoms with van der Waals surface area (Å²) in [7, 11) is 0. The van der Waals surface area contributed by atoms with Crippen molar-refractivity contribution in [2.75, 3.05) is 29.9 Å². The monoisotopic (exact) mass is 461 g/mol. The predicted molar refractivity (Wildman–Crippen MR) is 133 cm³/mol. The van der Waals surface area contributed by atoms with E-state index in [-0.39, 0.29) is 11.9 Å². The Morgan fingerprint density at radius 1 is 1.06 bits per heavy atom. The van der Waals surface area contributed by atoms with Gasteiger partial charge in [0.25, 0.3) is 5.91 Å². The van der Waals surface area contributed by atoms with Crippen LogP contribution in [0.25, 0.3) is 0 Å². The van der Waals surface area contributed by atoms with Crippen molar-refractivity contribution in [2.24, 2.45) is 0 Å². The molecule has 2 aromatic carbocycles. The molecule has 1 aliphatic rings. The van der Waals surface area contributed by atoms with E-state index in [9.17, 15) is 9.59 Å². The van der Waals surface area contributed by atoms with Crippen molar-refractivity contribution in [3.8, 4) is 0 Å². The number of carbonyl (C=O) groups is 2. The molecule has 0 bridgehead atoms. The molecule has 1 fully saturated rings. The van der Waals surface area contributed by atoms with Crippen molar-refractivity contribution in [3.05, 3.63) is 83.8 Å². The van der Waals surface area contributed by atoms with Gasteiger partial charge in [0.1, 0.15) is 0 Å². The second-order valence-electron chi connectivity index (χ2n) is 8.75. The van der Waals surface area contributed by atoms with Crippen LogP contribution in [0.3, 0.4) is 0 Å². The zero-order valence-electron chi connectivity index (χ0n) is 19.4. The van der Waals surface area contributed by atoms with Crippen LogP contribution in [-0.4, -0.2) is 47.7 Å². The van der Waals surface area contributed by atoms with E-state index in [1.807, 2.05) is 54.3 Å². The van der Waals surface area contributed by atoms with Gasteiger partial charge in [0.05, 0.1) is 6.26 Å². The Morgan fingerprint density at radius 3 is 2.47 bits per heavy atom. The van der Waals surface area contributed by atoms with Gasteiger partial charge < -0.3 is 19.3 Å². The smallest absolute Gasteiger partial charge is 0.409 e. The zero-order valence-corrected chi connectivity index (χ0v) is 19.4. The molecule has 3 aromatic rings. The van der Waals surface area contributed by atoms with Gasteiger partial charge in [-0.2, -0.15) is 0 Å². The van der Waals surface area contributed by atoms with Gasteiger partial charge in [-0.25, -0.2) is 4.79 Å². The number of benzene rings is 2. The summed E-state index contributed by atoms with van der Waals surface area (Å²) < 4.78 is 5.42. The van der Waals surface area contributed by atoms with E-state index in [4.69, 9.17) is 9.52 Å². The summed E-state index contributed by atoms with van der Waals surface area (Å²) in [5, 5.41) is 11.5. The van der Waals surface area contributed by atoms with E-state index in [2.05, 4.69) is 10.2 Å². The van der Waals surface area contributed by atoms with Crippen LogP contribution in [-0.2, 0) is 6.42 Å². The van der Waals surface area contributed by atoms with Crippen molar-refractivity contribution in [1.82, 2.24) is 4.90 Å². The first-order chi connectivity index (χ1) is 16.5. The second kappa shape index (κ2) is 11.0. The molecule has 0 aliphatic carbocycles. The number of rotatable bonds is 8. The highest BCUT2D eigenvalue weighted by atomic mass is 16.4. The third kappa shape index (κ3) is 5.85. The van der Waals surface area contributed by atoms with E-state index in [1.54, 1.807) is 18.2 Å². The number of hydrogen-bond acceptors (Lipinski definition) is 4. The molecule has 0 saturated carbocycles. The van der Waals surface area contributed by atoms with Crippen LogP contribution < -0.4 is 10.2 Å². The molecule has 1 aromatic heterocycles. The summed E-state index contributed by atoms with van der Waals surface area (Å²) in [6, 6.07) is 19.2. The summed E-state index contributed by atoms with van der Waals surface area (Å²) in [5.41, 5.74) is 3.71. The van der Waals surface area contributed by atoms with Gasteiger partial charge in [0.2, 0.25) is 0 Å². The van der Waals surface area contributed by atoms with Crippen molar-refractivity contribution in [2.45, 2.75) is 38.6 Å². The molecule has 2 amide bonds. The normalized spacial score (nSPS) is 14.6. The first kappa shape index (κ1) is 23.6. The molecule has 7 nitrogen and oxygen atoms in total.